The van der Waals surface area contributed by atoms with Crippen LogP contribution in [0.5, 0.6) is 0 Å². The molecule has 0 aliphatic carbocycles. The van der Waals surface area contributed by atoms with Crippen molar-refractivity contribution in [3.8, 4) is 0 Å². The highest BCUT2D eigenvalue weighted by Crippen LogP contribution is 2.19. The molecule has 6 heteroatoms. The van der Waals surface area contributed by atoms with Crippen LogP contribution in [0.15, 0.2) is 47.2 Å². The molecule has 1 aliphatic heterocycles. The lowest BCUT2D eigenvalue weighted by Gasteiger charge is -2.23. The maximum Gasteiger partial charge on any atom is 0.273 e. The Labute approximate surface area is 128 Å². The summed E-state index contributed by atoms with van der Waals surface area (Å²) >= 11 is 0. The maximum atomic E-state index is 12.5. The van der Waals surface area contributed by atoms with Crippen molar-refractivity contribution in [3.63, 3.8) is 0 Å². The summed E-state index contributed by atoms with van der Waals surface area (Å²) in [7, 11) is 0. The fourth-order valence-electron chi connectivity index (χ4n) is 2.62. The minimum absolute atomic E-state index is 0.154. The third-order valence-corrected chi connectivity index (χ3v) is 3.72. The van der Waals surface area contributed by atoms with Crippen molar-refractivity contribution in [1.82, 2.24) is 15.2 Å². The van der Waals surface area contributed by atoms with E-state index in [9.17, 15) is 9.59 Å². The van der Waals surface area contributed by atoms with Gasteiger partial charge in [0.15, 0.2) is 0 Å². The van der Waals surface area contributed by atoms with E-state index in [-0.39, 0.29) is 11.8 Å². The second-order valence-corrected chi connectivity index (χ2v) is 5.17. The lowest BCUT2D eigenvalue weighted by molar-refractivity contribution is -0.125. The number of nitrogens with one attached hydrogen (secondary N) is 1. The van der Waals surface area contributed by atoms with Crippen LogP contribution in [0.4, 0.5) is 0 Å². The molecule has 0 bridgehead atoms. The van der Waals surface area contributed by atoms with Gasteiger partial charge in [-0.1, -0.05) is 6.07 Å². The van der Waals surface area contributed by atoms with E-state index in [4.69, 9.17) is 4.42 Å². The van der Waals surface area contributed by atoms with E-state index < -0.39 is 6.04 Å². The van der Waals surface area contributed by atoms with Crippen LogP contribution in [0.1, 0.15) is 29.1 Å². The molecule has 114 valence electrons. The van der Waals surface area contributed by atoms with Crippen LogP contribution in [0.2, 0.25) is 0 Å². The minimum atomic E-state index is -0.440. The molecule has 1 aliphatic rings. The first-order chi connectivity index (χ1) is 10.8. The molecule has 1 saturated heterocycles. The van der Waals surface area contributed by atoms with Crippen LogP contribution in [0.25, 0.3) is 0 Å². The molecule has 2 aromatic heterocycles. The Morgan fingerprint density at radius 3 is 2.95 bits per heavy atom. The summed E-state index contributed by atoms with van der Waals surface area (Å²) < 4.78 is 5.18. The Balaban J connectivity index is 1.65. The molecule has 3 heterocycles. The van der Waals surface area contributed by atoms with Gasteiger partial charge in [0.2, 0.25) is 5.91 Å². The minimum Gasteiger partial charge on any atom is -0.467 e. The average Bonchev–Trinajstić information content (AvgIpc) is 3.24. The number of furan rings is 1. The molecule has 2 aromatic rings. The van der Waals surface area contributed by atoms with Crippen LogP contribution in [-0.2, 0) is 11.3 Å². The second-order valence-electron chi connectivity index (χ2n) is 5.17. The Kier molecular flexibility index (Phi) is 4.18. The van der Waals surface area contributed by atoms with Crippen molar-refractivity contribution >= 4 is 11.8 Å². The number of carbonyl (C=O) groups is 2. The molecule has 1 N–H and O–H groups in total. The van der Waals surface area contributed by atoms with Crippen LogP contribution in [-0.4, -0.2) is 34.3 Å². The number of rotatable bonds is 4. The van der Waals surface area contributed by atoms with Gasteiger partial charge in [-0.3, -0.25) is 14.6 Å². The summed E-state index contributed by atoms with van der Waals surface area (Å²) in [5.41, 5.74) is 0.369. The number of nitrogens with zero attached hydrogens (tertiary/aromatic N) is 2. The predicted octanol–water partition coefficient (Wildman–Crippen LogP) is 1.60. The van der Waals surface area contributed by atoms with Gasteiger partial charge < -0.3 is 14.6 Å². The van der Waals surface area contributed by atoms with Crippen LogP contribution < -0.4 is 5.32 Å². The highest BCUT2D eigenvalue weighted by Gasteiger charge is 2.34. The Morgan fingerprint density at radius 1 is 1.32 bits per heavy atom. The zero-order valence-electron chi connectivity index (χ0n) is 12.1. The largest absolute Gasteiger partial charge is 0.467 e. The summed E-state index contributed by atoms with van der Waals surface area (Å²) in [6.07, 6.45) is 4.63. The third-order valence-electron chi connectivity index (χ3n) is 3.72. The smallest absolute Gasteiger partial charge is 0.273 e. The Morgan fingerprint density at radius 2 is 2.23 bits per heavy atom. The van der Waals surface area contributed by atoms with Gasteiger partial charge in [0, 0.05) is 12.7 Å². The number of carbonyl (C=O) groups excluding carboxylic acids is 2. The number of aromatic nitrogens is 1. The highest BCUT2D eigenvalue weighted by molar-refractivity contribution is 5.96. The zero-order valence-corrected chi connectivity index (χ0v) is 12.1. The normalized spacial score (nSPS) is 17.5. The van der Waals surface area contributed by atoms with Crippen molar-refractivity contribution in [2.24, 2.45) is 0 Å². The molecular formula is C16H17N3O3. The first-order valence-electron chi connectivity index (χ1n) is 7.28. The van der Waals surface area contributed by atoms with Crippen molar-refractivity contribution in [2.75, 3.05) is 6.54 Å². The number of pyridine rings is 1. The Hall–Kier alpha value is -2.63. The van der Waals surface area contributed by atoms with Gasteiger partial charge in [0.1, 0.15) is 17.5 Å². The van der Waals surface area contributed by atoms with E-state index in [0.29, 0.717) is 31.0 Å². The number of likely N-dealkylation sites (tertiary alicyclic amines) is 1. The molecule has 0 saturated carbocycles. The van der Waals surface area contributed by atoms with Gasteiger partial charge in [-0.25, -0.2) is 0 Å². The molecule has 1 fully saturated rings. The third kappa shape index (κ3) is 3.00. The van der Waals surface area contributed by atoms with E-state index in [1.165, 1.54) is 0 Å². The number of hydrogen-bond acceptors (Lipinski definition) is 4. The fourth-order valence-corrected chi connectivity index (χ4v) is 2.62. The van der Waals surface area contributed by atoms with Gasteiger partial charge in [-0.2, -0.15) is 0 Å². The summed E-state index contributed by atoms with van der Waals surface area (Å²) in [6.45, 7) is 0.905. The van der Waals surface area contributed by atoms with Crippen LogP contribution >= 0.6 is 0 Å². The molecule has 0 unspecified atom stereocenters. The maximum absolute atomic E-state index is 12.5. The molecule has 22 heavy (non-hydrogen) atoms. The van der Waals surface area contributed by atoms with Crippen molar-refractivity contribution in [3.05, 3.63) is 54.2 Å². The van der Waals surface area contributed by atoms with E-state index in [1.54, 1.807) is 47.7 Å². The van der Waals surface area contributed by atoms with Gasteiger partial charge >= 0.3 is 0 Å². The summed E-state index contributed by atoms with van der Waals surface area (Å²) in [5, 5.41) is 2.82. The quantitative estimate of drug-likeness (QED) is 0.930. The molecule has 1 atom stereocenters. The van der Waals surface area contributed by atoms with Gasteiger partial charge in [0.05, 0.1) is 12.8 Å². The summed E-state index contributed by atoms with van der Waals surface area (Å²) in [5.74, 6) is 0.336. The zero-order chi connectivity index (χ0) is 15.4. The van der Waals surface area contributed by atoms with Gasteiger partial charge in [0.25, 0.3) is 5.91 Å². The summed E-state index contributed by atoms with van der Waals surface area (Å²) in [6, 6.07) is 8.32. The summed E-state index contributed by atoms with van der Waals surface area (Å²) in [4.78, 5) is 30.4. The first kappa shape index (κ1) is 14.3. The van der Waals surface area contributed by atoms with Crippen molar-refractivity contribution < 1.29 is 14.0 Å². The standard InChI is InChI=1S/C16H17N3O3/c20-15(18-11-12-5-4-10-22-12)14-7-3-9-19(14)16(21)13-6-1-2-8-17-13/h1-2,4-6,8,10,14H,3,7,9,11H2,(H,18,20)/t14-/m1/s1. The van der Waals surface area contributed by atoms with E-state index in [2.05, 4.69) is 10.3 Å². The molecular weight excluding hydrogens is 282 g/mol. The fraction of sp³-hybridized carbons (Fsp3) is 0.312. The van der Waals surface area contributed by atoms with E-state index >= 15 is 0 Å². The predicted molar refractivity (Wildman–Crippen MR) is 78.9 cm³/mol. The van der Waals surface area contributed by atoms with Crippen molar-refractivity contribution in [2.45, 2.75) is 25.4 Å². The first-order valence-corrected chi connectivity index (χ1v) is 7.28. The van der Waals surface area contributed by atoms with E-state index in [1.807, 2.05) is 0 Å². The molecule has 0 aromatic carbocycles. The number of amides is 2. The molecule has 0 radical (unpaired) electrons. The molecule has 6 nitrogen and oxygen atoms in total. The topological polar surface area (TPSA) is 75.4 Å². The second kappa shape index (κ2) is 6.43. The molecule has 0 spiro atoms. The average molecular weight is 299 g/mol. The van der Waals surface area contributed by atoms with Crippen molar-refractivity contribution in [1.29, 1.82) is 0 Å². The van der Waals surface area contributed by atoms with Crippen LogP contribution in [0.3, 0.4) is 0 Å². The highest BCUT2D eigenvalue weighted by atomic mass is 16.3. The molecule has 3 rings (SSSR count). The Bertz CT molecular complexity index is 640. The monoisotopic (exact) mass is 299 g/mol. The number of hydrogen-bond donors (Lipinski definition) is 1. The van der Waals surface area contributed by atoms with Gasteiger partial charge in [-0.05, 0) is 37.1 Å². The van der Waals surface area contributed by atoms with Gasteiger partial charge in [-0.15, -0.1) is 0 Å². The van der Waals surface area contributed by atoms with E-state index in [0.717, 1.165) is 6.42 Å². The molecule has 2 amide bonds. The lowest BCUT2D eigenvalue weighted by Crippen LogP contribution is -2.45. The SMILES string of the molecule is O=C(NCc1ccco1)[C@H]1CCCN1C(=O)c1ccccn1. The van der Waals surface area contributed by atoms with Crippen LogP contribution in [0, 0.1) is 0 Å². The lowest BCUT2D eigenvalue weighted by atomic mass is 10.2.